The molecule has 172 valence electrons. The SMILES string of the molecule is COc1cc(-c2c(C)cccc2C)nc(NSc2cccc(C(=O)N3CCCNCC3)c2)n1. The first-order valence-electron chi connectivity index (χ1n) is 11.1. The standard InChI is InChI=1S/C25H29N5O2S/c1-17-7-4-8-18(2)23(17)21-16-22(32-3)28-25(27-21)29-33-20-10-5-9-19(15-20)24(31)30-13-6-11-26-12-14-30/h4-5,7-10,15-16,26H,6,11-14H2,1-3H3,(H,27,28,29). The molecule has 1 saturated heterocycles. The van der Waals surface area contributed by atoms with Crippen molar-refractivity contribution in [2.24, 2.45) is 0 Å². The minimum Gasteiger partial charge on any atom is -0.481 e. The van der Waals surface area contributed by atoms with E-state index in [9.17, 15) is 4.79 Å². The number of amides is 1. The largest absolute Gasteiger partial charge is 0.481 e. The molecule has 0 saturated carbocycles. The summed E-state index contributed by atoms with van der Waals surface area (Å²) in [5.74, 6) is 1.01. The Kier molecular flexibility index (Phi) is 7.47. The van der Waals surface area contributed by atoms with E-state index < -0.39 is 0 Å². The molecule has 1 fully saturated rings. The second-order valence-electron chi connectivity index (χ2n) is 8.01. The van der Waals surface area contributed by atoms with E-state index >= 15 is 0 Å². The summed E-state index contributed by atoms with van der Waals surface area (Å²) < 4.78 is 8.64. The minimum atomic E-state index is 0.0658. The topological polar surface area (TPSA) is 79.4 Å². The average Bonchev–Trinajstić information content (AvgIpc) is 3.12. The highest BCUT2D eigenvalue weighted by Crippen LogP contribution is 2.30. The molecule has 4 rings (SSSR count). The molecule has 2 aromatic carbocycles. The number of nitrogens with zero attached hydrogens (tertiary/aromatic N) is 3. The molecule has 0 radical (unpaired) electrons. The van der Waals surface area contributed by atoms with Crippen LogP contribution in [-0.2, 0) is 0 Å². The van der Waals surface area contributed by atoms with Gasteiger partial charge in [0, 0.05) is 41.7 Å². The highest BCUT2D eigenvalue weighted by Gasteiger charge is 2.17. The molecule has 1 aliphatic heterocycles. The molecule has 2 heterocycles. The summed E-state index contributed by atoms with van der Waals surface area (Å²) in [5.41, 5.74) is 4.85. The van der Waals surface area contributed by atoms with Crippen LogP contribution >= 0.6 is 11.9 Å². The van der Waals surface area contributed by atoms with Crippen molar-refractivity contribution in [2.45, 2.75) is 25.2 Å². The molecule has 2 N–H and O–H groups in total. The Labute approximate surface area is 199 Å². The molecule has 0 unspecified atom stereocenters. The highest BCUT2D eigenvalue weighted by molar-refractivity contribution is 8.00. The zero-order valence-electron chi connectivity index (χ0n) is 19.2. The molecule has 0 spiro atoms. The molecule has 33 heavy (non-hydrogen) atoms. The van der Waals surface area contributed by atoms with Crippen LogP contribution in [0.3, 0.4) is 0 Å². The lowest BCUT2D eigenvalue weighted by Crippen LogP contribution is -2.34. The predicted molar refractivity (Wildman–Crippen MR) is 133 cm³/mol. The predicted octanol–water partition coefficient (Wildman–Crippen LogP) is 4.32. The lowest BCUT2D eigenvalue weighted by Gasteiger charge is -2.20. The van der Waals surface area contributed by atoms with Crippen molar-refractivity contribution in [3.8, 4) is 17.1 Å². The van der Waals surface area contributed by atoms with Crippen LogP contribution in [0.2, 0.25) is 0 Å². The summed E-state index contributed by atoms with van der Waals surface area (Å²) >= 11 is 1.37. The van der Waals surface area contributed by atoms with Gasteiger partial charge in [-0.3, -0.25) is 9.52 Å². The van der Waals surface area contributed by atoms with Gasteiger partial charge in [-0.1, -0.05) is 24.3 Å². The molecule has 0 atom stereocenters. The van der Waals surface area contributed by atoms with Crippen LogP contribution in [0.25, 0.3) is 11.3 Å². The number of aromatic nitrogens is 2. The van der Waals surface area contributed by atoms with Gasteiger partial charge in [-0.2, -0.15) is 4.98 Å². The fraction of sp³-hybridized carbons (Fsp3) is 0.320. The number of rotatable bonds is 6. The van der Waals surface area contributed by atoms with Crippen molar-refractivity contribution in [3.63, 3.8) is 0 Å². The van der Waals surface area contributed by atoms with Crippen LogP contribution in [-0.4, -0.2) is 54.1 Å². The van der Waals surface area contributed by atoms with Gasteiger partial charge in [0.15, 0.2) is 0 Å². The summed E-state index contributed by atoms with van der Waals surface area (Å²) in [5, 5.41) is 3.33. The first kappa shape index (κ1) is 23.1. The summed E-state index contributed by atoms with van der Waals surface area (Å²) in [6.07, 6.45) is 0.970. The molecule has 8 heteroatoms. The number of anilines is 1. The maximum atomic E-state index is 13.0. The number of carbonyl (C=O) groups excluding carboxylic acids is 1. The van der Waals surface area contributed by atoms with Crippen molar-refractivity contribution >= 4 is 23.8 Å². The van der Waals surface area contributed by atoms with E-state index in [0.717, 1.165) is 59.9 Å². The van der Waals surface area contributed by atoms with E-state index in [1.54, 1.807) is 7.11 Å². The molecule has 1 aliphatic rings. The molecular formula is C25H29N5O2S. The number of methoxy groups -OCH3 is 1. The van der Waals surface area contributed by atoms with Gasteiger partial charge in [0.05, 0.1) is 12.8 Å². The van der Waals surface area contributed by atoms with Crippen LogP contribution in [0.15, 0.2) is 53.4 Å². The van der Waals surface area contributed by atoms with Gasteiger partial charge in [-0.15, -0.1) is 0 Å². The number of carbonyl (C=O) groups is 1. The van der Waals surface area contributed by atoms with Gasteiger partial charge in [-0.25, -0.2) is 4.98 Å². The van der Waals surface area contributed by atoms with Crippen molar-refractivity contribution in [1.82, 2.24) is 20.2 Å². The smallest absolute Gasteiger partial charge is 0.253 e. The van der Waals surface area contributed by atoms with Crippen LogP contribution in [0.4, 0.5) is 5.95 Å². The third kappa shape index (κ3) is 5.64. The van der Waals surface area contributed by atoms with Gasteiger partial charge in [-0.05, 0) is 68.1 Å². The maximum absolute atomic E-state index is 13.0. The molecule has 0 aliphatic carbocycles. The molecule has 7 nitrogen and oxygen atoms in total. The van der Waals surface area contributed by atoms with E-state index in [-0.39, 0.29) is 5.91 Å². The number of benzene rings is 2. The quantitative estimate of drug-likeness (QED) is 0.527. The number of hydrogen-bond donors (Lipinski definition) is 2. The van der Waals surface area contributed by atoms with Crippen LogP contribution < -0.4 is 14.8 Å². The van der Waals surface area contributed by atoms with Crippen molar-refractivity contribution in [2.75, 3.05) is 38.0 Å². The summed E-state index contributed by atoms with van der Waals surface area (Å²) in [6, 6.07) is 15.7. The first-order valence-corrected chi connectivity index (χ1v) is 11.9. The Balaban J connectivity index is 1.52. The second kappa shape index (κ2) is 10.7. The fourth-order valence-corrected chi connectivity index (χ4v) is 4.58. The van der Waals surface area contributed by atoms with Crippen LogP contribution in [0, 0.1) is 13.8 Å². The summed E-state index contributed by atoms with van der Waals surface area (Å²) in [7, 11) is 1.60. The Bertz CT molecular complexity index is 1110. The molecule has 1 aromatic heterocycles. The third-order valence-corrected chi connectivity index (χ3v) is 6.39. The summed E-state index contributed by atoms with van der Waals surface area (Å²) in [4.78, 5) is 25.0. The third-order valence-electron chi connectivity index (χ3n) is 5.62. The van der Waals surface area contributed by atoms with E-state index in [0.29, 0.717) is 17.4 Å². The van der Waals surface area contributed by atoms with Crippen molar-refractivity contribution < 1.29 is 9.53 Å². The van der Waals surface area contributed by atoms with E-state index in [1.807, 2.05) is 41.3 Å². The van der Waals surface area contributed by atoms with Gasteiger partial charge in [0.2, 0.25) is 11.8 Å². The zero-order chi connectivity index (χ0) is 23.2. The number of ether oxygens (including phenoxy) is 1. The van der Waals surface area contributed by atoms with E-state index in [1.165, 1.54) is 11.9 Å². The maximum Gasteiger partial charge on any atom is 0.253 e. The minimum absolute atomic E-state index is 0.0658. The van der Waals surface area contributed by atoms with Crippen molar-refractivity contribution in [3.05, 3.63) is 65.2 Å². The second-order valence-corrected chi connectivity index (χ2v) is 8.89. The van der Waals surface area contributed by atoms with Crippen LogP contribution in [0.5, 0.6) is 5.88 Å². The monoisotopic (exact) mass is 463 g/mol. The molecule has 0 bridgehead atoms. The van der Waals surface area contributed by atoms with Crippen LogP contribution in [0.1, 0.15) is 27.9 Å². The normalized spacial score (nSPS) is 14.0. The Morgan fingerprint density at radius 2 is 1.85 bits per heavy atom. The van der Waals surface area contributed by atoms with Crippen molar-refractivity contribution in [1.29, 1.82) is 0 Å². The Morgan fingerprint density at radius 1 is 1.06 bits per heavy atom. The van der Waals surface area contributed by atoms with Gasteiger partial charge < -0.3 is 15.0 Å². The Hall–Kier alpha value is -3.10. The fourth-order valence-electron chi connectivity index (χ4n) is 3.95. The lowest BCUT2D eigenvalue weighted by atomic mass is 10.00. The average molecular weight is 464 g/mol. The number of aryl methyl sites for hydroxylation is 2. The first-order chi connectivity index (χ1) is 16.0. The molecular weight excluding hydrogens is 434 g/mol. The number of hydrogen-bond acceptors (Lipinski definition) is 7. The lowest BCUT2D eigenvalue weighted by molar-refractivity contribution is 0.0766. The van der Waals surface area contributed by atoms with Gasteiger partial charge in [0.25, 0.3) is 5.91 Å². The molecule has 1 amide bonds. The zero-order valence-corrected chi connectivity index (χ0v) is 20.0. The molecule has 3 aromatic rings. The van der Waals surface area contributed by atoms with Gasteiger partial charge >= 0.3 is 0 Å². The summed E-state index contributed by atoms with van der Waals surface area (Å²) in [6.45, 7) is 7.43. The Morgan fingerprint density at radius 3 is 2.64 bits per heavy atom. The van der Waals surface area contributed by atoms with E-state index in [2.05, 4.69) is 41.0 Å². The van der Waals surface area contributed by atoms with E-state index in [4.69, 9.17) is 9.72 Å². The number of nitrogens with one attached hydrogen (secondary N) is 2. The van der Waals surface area contributed by atoms with Gasteiger partial charge in [0.1, 0.15) is 0 Å². The highest BCUT2D eigenvalue weighted by atomic mass is 32.2.